The summed E-state index contributed by atoms with van der Waals surface area (Å²) in [6.45, 7) is 9.45. The lowest BCUT2D eigenvalue weighted by molar-refractivity contribution is 0.530. The highest BCUT2D eigenvalue weighted by Crippen LogP contribution is 2.33. The van der Waals surface area contributed by atoms with Crippen LogP contribution in [0.5, 0.6) is 0 Å². The fourth-order valence-electron chi connectivity index (χ4n) is 2.17. The van der Waals surface area contributed by atoms with Crippen molar-refractivity contribution in [2.75, 3.05) is 7.05 Å². The average molecular weight is 279 g/mol. The number of aromatic nitrogens is 4. The van der Waals surface area contributed by atoms with E-state index in [1.807, 2.05) is 17.9 Å². The highest BCUT2D eigenvalue weighted by atomic mass is 32.1. The van der Waals surface area contributed by atoms with Gasteiger partial charge in [-0.15, -0.1) is 5.10 Å². The predicted molar refractivity (Wildman–Crippen MR) is 77.4 cm³/mol. The molecule has 0 fully saturated rings. The molecule has 0 spiro atoms. The number of nitrogens with one attached hydrogen (secondary N) is 1. The lowest BCUT2D eigenvalue weighted by Gasteiger charge is -2.22. The maximum absolute atomic E-state index is 4.35. The van der Waals surface area contributed by atoms with Crippen molar-refractivity contribution in [3.8, 4) is 0 Å². The van der Waals surface area contributed by atoms with Crippen molar-refractivity contribution < 1.29 is 0 Å². The summed E-state index contributed by atoms with van der Waals surface area (Å²) in [6, 6.07) is 2.15. The van der Waals surface area contributed by atoms with Gasteiger partial charge in [-0.3, -0.25) is 4.68 Å². The van der Waals surface area contributed by atoms with E-state index >= 15 is 0 Å². The van der Waals surface area contributed by atoms with Crippen LogP contribution in [0.25, 0.3) is 0 Å². The summed E-state index contributed by atoms with van der Waals surface area (Å²) in [5.41, 5.74) is 2.20. The molecule has 0 saturated carbocycles. The Hall–Kier alpha value is -1.27. The zero-order valence-corrected chi connectivity index (χ0v) is 13.0. The molecule has 1 N–H and O–H groups in total. The Morgan fingerprint density at radius 3 is 2.74 bits per heavy atom. The van der Waals surface area contributed by atoms with Crippen LogP contribution in [0.15, 0.2) is 12.3 Å². The molecule has 2 heterocycles. The van der Waals surface area contributed by atoms with Gasteiger partial charge in [-0.1, -0.05) is 25.3 Å². The third kappa shape index (κ3) is 2.69. The summed E-state index contributed by atoms with van der Waals surface area (Å²) in [6.07, 6.45) is 1.84. The van der Waals surface area contributed by atoms with Gasteiger partial charge >= 0.3 is 0 Å². The Kier molecular flexibility index (Phi) is 4.01. The van der Waals surface area contributed by atoms with Crippen molar-refractivity contribution in [3.63, 3.8) is 0 Å². The highest BCUT2D eigenvalue weighted by molar-refractivity contribution is 7.05. The molecule has 0 aromatic carbocycles. The summed E-state index contributed by atoms with van der Waals surface area (Å²) in [4.78, 5) is 1.17. The molecule has 2 rings (SSSR count). The first-order valence-corrected chi connectivity index (χ1v) is 7.28. The molecule has 0 bridgehead atoms. The van der Waals surface area contributed by atoms with Gasteiger partial charge in [0.1, 0.15) is 0 Å². The fraction of sp³-hybridized carbons (Fsp3) is 0.615. The maximum atomic E-state index is 4.35. The molecule has 19 heavy (non-hydrogen) atoms. The van der Waals surface area contributed by atoms with Gasteiger partial charge in [0.25, 0.3) is 0 Å². The van der Waals surface area contributed by atoms with Crippen LogP contribution in [0.4, 0.5) is 0 Å². The van der Waals surface area contributed by atoms with Crippen molar-refractivity contribution in [1.82, 2.24) is 24.7 Å². The van der Waals surface area contributed by atoms with Crippen LogP contribution in [0.1, 0.15) is 50.0 Å². The second-order valence-electron chi connectivity index (χ2n) is 5.53. The third-order valence-corrected chi connectivity index (χ3v) is 3.91. The van der Waals surface area contributed by atoms with E-state index < -0.39 is 0 Å². The van der Waals surface area contributed by atoms with Crippen LogP contribution < -0.4 is 5.32 Å². The molecule has 0 aliphatic rings. The number of rotatable bonds is 4. The minimum atomic E-state index is -0.00546. The largest absolute Gasteiger partial charge is 0.307 e. The maximum Gasteiger partial charge on any atom is 0.0874 e. The highest BCUT2D eigenvalue weighted by Gasteiger charge is 2.28. The number of hydrogen-bond acceptors (Lipinski definition) is 5. The lowest BCUT2D eigenvalue weighted by Crippen LogP contribution is -2.24. The zero-order chi connectivity index (χ0) is 14.0. The molecule has 0 radical (unpaired) electrons. The van der Waals surface area contributed by atoms with Gasteiger partial charge in [-0.2, -0.15) is 5.10 Å². The molecule has 6 heteroatoms. The first-order valence-electron chi connectivity index (χ1n) is 6.50. The standard InChI is InChI=1S/C13H21N5S/c1-6-18-9(7-8-15-18)10(14-5)11-12(13(2,3)4)16-17-19-11/h7-8,10,14H,6H2,1-5H3. The molecule has 2 aromatic heterocycles. The van der Waals surface area contributed by atoms with Crippen LogP contribution in [0, 0.1) is 0 Å². The van der Waals surface area contributed by atoms with Gasteiger partial charge in [-0.05, 0) is 31.6 Å². The van der Waals surface area contributed by atoms with E-state index in [0.29, 0.717) is 0 Å². The molecule has 1 atom stereocenters. The van der Waals surface area contributed by atoms with Crippen LogP contribution in [-0.2, 0) is 12.0 Å². The van der Waals surface area contributed by atoms with Gasteiger partial charge in [0.15, 0.2) is 0 Å². The molecule has 2 aromatic rings. The molecule has 0 aliphatic carbocycles. The molecule has 104 valence electrons. The first-order chi connectivity index (χ1) is 8.99. The first kappa shape index (κ1) is 14.1. The van der Waals surface area contributed by atoms with Crippen LogP contribution in [-0.4, -0.2) is 26.4 Å². The summed E-state index contributed by atoms with van der Waals surface area (Å²) in [5.74, 6) is 0. The van der Waals surface area contributed by atoms with Gasteiger partial charge in [0.2, 0.25) is 0 Å². The number of aryl methyl sites for hydroxylation is 1. The number of nitrogens with zero attached hydrogens (tertiary/aromatic N) is 4. The Labute approximate surface area is 118 Å². The van der Waals surface area contributed by atoms with E-state index in [1.165, 1.54) is 16.4 Å². The van der Waals surface area contributed by atoms with E-state index in [-0.39, 0.29) is 11.5 Å². The lowest BCUT2D eigenvalue weighted by atomic mass is 9.89. The average Bonchev–Trinajstić information content (AvgIpc) is 2.97. The minimum Gasteiger partial charge on any atom is -0.307 e. The molecule has 5 nitrogen and oxygen atoms in total. The topological polar surface area (TPSA) is 55.6 Å². The zero-order valence-electron chi connectivity index (χ0n) is 12.1. The molecular formula is C13H21N5S. The smallest absolute Gasteiger partial charge is 0.0874 e. The monoisotopic (exact) mass is 279 g/mol. The van der Waals surface area contributed by atoms with E-state index in [2.05, 4.69) is 53.8 Å². The molecule has 0 aliphatic heterocycles. The van der Waals surface area contributed by atoms with Crippen molar-refractivity contribution >= 4 is 11.5 Å². The number of hydrogen-bond donors (Lipinski definition) is 1. The summed E-state index contributed by atoms with van der Waals surface area (Å²) < 4.78 is 6.15. The van der Waals surface area contributed by atoms with Gasteiger partial charge in [0, 0.05) is 18.2 Å². The van der Waals surface area contributed by atoms with E-state index in [1.54, 1.807) is 0 Å². The van der Waals surface area contributed by atoms with Gasteiger partial charge in [0.05, 0.1) is 22.3 Å². The van der Waals surface area contributed by atoms with Crippen LogP contribution in [0.3, 0.4) is 0 Å². The molecule has 1 unspecified atom stereocenters. The normalized spacial score (nSPS) is 13.7. The van der Waals surface area contributed by atoms with E-state index in [4.69, 9.17) is 0 Å². The Morgan fingerprint density at radius 2 is 2.16 bits per heavy atom. The predicted octanol–water partition coefficient (Wildman–Crippen LogP) is 2.36. The van der Waals surface area contributed by atoms with Gasteiger partial charge in [-0.25, -0.2) is 0 Å². The second kappa shape index (κ2) is 5.38. The summed E-state index contributed by atoms with van der Waals surface area (Å²) in [7, 11) is 1.96. The van der Waals surface area contributed by atoms with Gasteiger partial charge < -0.3 is 5.32 Å². The minimum absolute atomic E-state index is 0.00546. The summed E-state index contributed by atoms with van der Waals surface area (Å²) >= 11 is 1.46. The molecule has 0 saturated heterocycles. The SMILES string of the molecule is CCn1nccc1C(NC)c1snnc1C(C)(C)C. The van der Waals surface area contributed by atoms with E-state index in [0.717, 1.165) is 17.9 Å². The second-order valence-corrected chi connectivity index (χ2v) is 6.32. The van der Waals surface area contributed by atoms with Crippen molar-refractivity contribution in [1.29, 1.82) is 0 Å². The fourth-order valence-corrected chi connectivity index (χ4v) is 3.16. The molecule has 0 amide bonds. The van der Waals surface area contributed by atoms with Crippen molar-refractivity contribution in [2.24, 2.45) is 0 Å². The molecular weight excluding hydrogens is 258 g/mol. The van der Waals surface area contributed by atoms with Crippen LogP contribution >= 0.6 is 11.5 Å². The quantitative estimate of drug-likeness (QED) is 0.933. The van der Waals surface area contributed by atoms with Crippen molar-refractivity contribution in [2.45, 2.75) is 45.7 Å². The van der Waals surface area contributed by atoms with Crippen molar-refractivity contribution in [3.05, 3.63) is 28.5 Å². The third-order valence-electron chi connectivity index (χ3n) is 3.12. The Morgan fingerprint density at radius 1 is 1.42 bits per heavy atom. The summed E-state index contributed by atoms with van der Waals surface area (Å²) in [5, 5.41) is 12.0. The van der Waals surface area contributed by atoms with E-state index in [9.17, 15) is 0 Å². The Balaban J connectivity index is 2.47. The Bertz CT molecular complexity index is 537. The van der Waals surface area contributed by atoms with Crippen LogP contribution in [0.2, 0.25) is 0 Å².